The van der Waals surface area contributed by atoms with Crippen molar-refractivity contribution in [2.45, 2.75) is 6.92 Å². The van der Waals surface area contributed by atoms with Gasteiger partial charge in [-0.1, -0.05) is 36.9 Å². The zero-order valence-electron chi connectivity index (χ0n) is 12.0. The third-order valence-electron chi connectivity index (χ3n) is 2.95. The normalized spacial score (nSPS) is 9.95. The Labute approximate surface area is 124 Å². The molecule has 0 aliphatic rings. The molecule has 0 aromatic heterocycles. The van der Waals surface area contributed by atoms with E-state index in [4.69, 9.17) is 9.47 Å². The Balaban J connectivity index is 2.11. The van der Waals surface area contributed by atoms with Crippen LogP contribution in [0.3, 0.4) is 0 Å². The number of carbonyl (C=O) groups excluding carboxylic acids is 1. The highest BCUT2D eigenvalue weighted by Gasteiger charge is 2.06. The van der Waals surface area contributed by atoms with Crippen LogP contribution in [0.2, 0.25) is 0 Å². The first-order valence-electron chi connectivity index (χ1n) is 6.86. The topological polar surface area (TPSA) is 35.5 Å². The minimum atomic E-state index is -0.294. The van der Waals surface area contributed by atoms with Gasteiger partial charge in [0.05, 0.1) is 12.2 Å². The molecule has 0 fully saturated rings. The van der Waals surface area contributed by atoms with Gasteiger partial charge >= 0.3 is 5.97 Å². The molecule has 0 aliphatic carbocycles. The van der Waals surface area contributed by atoms with E-state index in [1.165, 1.54) is 0 Å². The molecule has 0 atom stereocenters. The second kappa shape index (κ2) is 7.29. The first kappa shape index (κ1) is 14.9. The van der Waals surface area contributed by atoms with Crippen LogP contribution in [-0.2, 0) is 4.74 Å². The van der Waals surface area contributed by atoms with Crippen LogP contribution in [0.4, 0.5) is 0 Å². The zero-order valence-corrected chi connectivity index (χ0v) is 12.0. The molecular formula is C18H18O3. The van der Waals surface area contributed by atoms with Gasteiger partial charge in [0.15, 0.2) is 0 Å². The van der Waals surface area contributed by atoms with Crippen LogP contribution in [0.25, 0.3) is 11.1 Å². The summed E-state index contributed by atoms with van der Waals surface area (Å²) in [6.45, 7) is 6.28. The molecule has 0 bridgehead atoms. The maximum atomic E-state index is 11.6. The van der Waals surface area contributed by atoms with E-state index in [1.807, 2.05) is 36.4 Å². The Morgan fingerprint density at radius 3 is 2.14 bits per heavy atom. The molecule has 3 nitrogen and oxygen atoms in total. The summed E-state index contributed by atoms with van der Waals surface area (Å²) in [6.07, 6.45) is 1.71. The fourth-order valence-corrected chi connectivity index (χ4v) is 1.91. The second-order valence-electron chi connectivity index (χ2n) is 4.42. The molecule has 0 radical (unpaired) electrons. The predicted molar refractivity (Wildman–Crippen MR) is 83.5 cm³/mol. The third-order valence-corrected chi connectivity index (χ3v) is 2.95. The fraction of sp³-hybridized carbons (Fsp3) is 0.167. The van der Waals surface area contributed by atoms with Crippen LogP contribution in [0, 0.1) is 0 Å². The molecule has 0 aliphatic heterocycles. The molecule has 0 heterocycles. The number of benzene rings is 2. The molecule has 108 valence electrons. The Morgan fingerprint density at radius 1 is 1.05 bits per heavy atom. The van der Waals surface area contributed by atoms with Crippen molar-refractivity contribution in [3.63, 3.8) is 0 Å². The van der Waals surface area contributed by atoms with E-state index < -0.39 is 0 Å². The molecule has 3 heteroatoms. The highest BCUT2D eigenvalue weighted by atomic mass is 16.5. The Morgan fingerprint density at radius 2 is 1.62 bits per heavy atom. The summed E-state index contributed by atoms with van der Waals surface area (Å²) in [5.41, 5.74) is 2.67. The summed E-state index contributed by atoms with van der Waals surface area (Å²) in [4.78, 5) is 11.6. The molecule has 2 aromatic rings. The molecule has 0 amide bonds. The molecule has 21 heavy (non-hydrogen) atoms. The largest absolute Gasteiger partial charge is 0.490 e. The van der Waals surface area contributed by atoms with E-state index >= 15 is 0 Å². The van der Waals surface area contributed by atoms with Crippen molar-refractivity contribution >= 4 is 5.97 Å². The molecule has 0 saturated heterocycles. The van der Waals surface area contributed by atoms with Crippen LogP contribution in [0.1, 0.15) is 17.3 Å². The van der Waals surface area contributed by atoms with Crippen molar-refractivity contribution in [1.82, 2.24) is 0 Å². The van der Waals surface area contributed by atoms with Crippen LogP contribution >= 0.6 is 0 Å². The van der Waals surface area contributed by atoms with Crippen LogP contribution < -0.4 is 4.74 Å². The number of hydrogen-bond acceptors (Lipinski definition) is 3. The maximum Gasteiger partial charge on any atom is 0.338 e. The van der Waals surface area contributed by atoms with Gasteiger partial charge in [0.25, 0.3) is 0 Å². The van der Waals surface area contributed by atoms with Crippen molar-refractivity contribution in [3.8, 4) is 16.9 Å². The monoisotopic (exact) mass is 282 g/mol. The second-order valence-corrected chi connectivity index (χ2v) is 4.42. The lowest BCUT2D eigenvalue weighted by molar-refractivity contribution is 0.0526. The van der Waals surface area contributed by atoms with E-state index in [9.17, 15) is 4.79 Å². The van der Waals surface area contributed by atoms with Gasteiger partial charge in [0.1, 0.15) is 12.4 Å². The summed E-state index contributed by atoms with van der Waals surface area (Å²) in [6, 6.07) is 15.2. The lowest BCUT2D eigenvalue weighted by Crippen LogP contribution is -2.03. The Bertz CT molecular complexity index is 597. The lowest BCUT2D eigenvalue weighted by atomic mass is 10.0. The maximum absolute atomic E-state index is 11.6. The minimum absolute atomic E-state index is 0.294. The first-order valence-corrected chi connectivity index (χ1v) is 6.86. The van der Waals surface area contributed by atoms with Crippen molar-refractivity contribution in [2.24, 2.45) is 0 Å². The van der Waals surface area contributed by atoms with E-state index in [0.717, 1.165) is 16.9 Å². The van der Waals surface area contributed by atoms with Crippen molar-refractivity contribution in [3.05, 3.63) is 66.7 Å². The average Bonchev–Trinajstić information content (AvgIpc) is 2.54. The minimum Gasteiger partial charge on any atom is -0.490 e. The van der Waals surface area contributed by atoms with Gasteiger partial charge in [-0.2, -0.15) is 0 Å². The van der Waals surface area contributed by atoms with E-state index in [2.05, 4.69) is 6.58 Å². The van der Waals surface area contributed by atoms with E-state index in [-0.39, 0.29) is 5.97 Å². The molecule has 0 N–H and O–H groups in total. The van der Waals surface area contributed by atoms with Gasteiger partial charge in [0, 0.05) is 0 Å². The highest BCUT2D eigenvalue weighted by molar-refractivity contribution is 5.90. The van der Waals surface area contributed by atoms with Crippen molar-refractivity contribution < 1.29 is 14.3 Å². The van der Waals surface area contributed by atoms with Gasteiger partial charge in [-0.05, 0) is 42.3 Å². The molecular weight excluding hydrogens is 264 g/mol. The number of hydrogen-bond donors (Lipinski definition) is 0. The standard InChI is InChI=1S/C18H18O3/c1-3-13-21-17-11-9-15(10-12-17)14-5-7-16(8-6-14)18(19)20-4-2/h3,5-12H,1,4,13H2,2H3. The van der Waals surface area contributed by atoms with Crippen molar-refractivity contribution in [1.29, 1.82) is 0 Å². The number of rotatable bonds is 6. The molecule has 0 unspecified atom stereocenters. The Kier molecular flexibility index (Phi) is 5.16. The quantitative estimate of drug-likeness (QED) is 0.591. The van der Waals surface area contributed by atoms with Gasteiger partial charge < -0.3 is 9.47 Å². The average molecular weight is 282 g/mol. The molecule has 2 rings (SSSR count). The first-order chi connectivity index (χ1) is 10.2. The van der Waals surface area contributed by atoms with Crippen LogP contribution in [-0.4, -0.2) is 19.2 Å². The van der Waals surface area contributed by atoms with Crippen molar-refractivity contribution in [2.75, 3.05) is 13.2 Å². The number of carbonyl (C=O) groups is 1. The fourth-order valence-electron chi connectivity index (χ4n) is 1.91. The zero-order chi connectivity index (χ0) is 15.1. The summed E-state index contributed by atoms with van der Waals surface area (Å²) in [7, 11) is 0. The summed E-state index contributed by atoms with van der Waals surface area (Å²) in [5.74, 6) is 0.513. The molecule has 0 saturated carbocycles. The predicted octanol–water partition coefficient (Wildman–Crippen LogP) is 4.10. The Hall–Kier alpha value is -2.55. The smallest absolute Gasteiger partial charge is 0.338 e. The van der Waals surface area contributed by atoms with Gasteiger partial charge in [-0.25, -0.2) is 4.79 Å². The summed E-state index contributed by atoms with van der Waals surface area (Å²) < 4.78 is 10.4. The number of ether oxygens (including phenoxy) is 2. The van der Waals surface area contributed by atoms with Crippen LogP contribution in [0.5, 0.6) is 5.75 Å². The number of esters is 1. The molecule has 2 aromatic carbocycles. The summed E-state index contributed by atoms with van der Waals surface area (Å²) in [5, 5.41) is 0. The lowest BCUT2D eigenvalue weighted by Gasteiger charge is -2.06. The van der Waals surface area contributed by atoms with Gasteiger partial charge in [-0.3, -0.25) is 0 Å². The highest BCUT2D eigenvalue weighted by Crippen LogP contribution is 2.23. The summed E-state index contributed by atoms with van der Waals surface area (Å²) >= 11 is 0. The molecule has 0 spiro atoms. The van der Waals surface area contributed by atoms with Gasteiger partial charge in [0.2, 0.25) is 0 Å². The SMILES string of the molecule is C=CCOc1ccc(-c2ccc(C(=O)OCC)cc2)cc1. The third kappa shape index (κ3) is 3.96. The van der Waals surface area contributed by atoms with E-state index in [0.29, 0.717) is 18.8 Å². The van der Waals surface area contributed by atoms with Gasteiger partial charge in [-0.15, -0.1) is 0 Å². The van der Waals surface area contributed by atoms with E-state index in [1.54, 1.807) is 25.1 Å². The van der Waals surface area contributed by atoms with Crippen LogP contribution in [0.15, 0.2) is 61.2 Å².